The first kappa shape index (κ1) is 26.4. The van der Waals surface area contributed by atoms with E-state index in [2.05, 4.69) is 0 Å². The summed E-state index contributed by atoms with van der Waals surface area (Å²) in [4.78, 5) is 0.120. The third-order valence-electron chi connectivity index (χ3n) is 7.93. The van der Waals surface area contributed by atoms with Gasteiger partial charge in [-0.15, -0.1) is 0 Å². The van der Waals surface area contributed by atoms with E-state index in [4.69, 9.17) is 4.18 Å². The molecule has 0 radical (unpaired) electrons. The Morgan fingerprint density at radius 2 is 1.30 bits per heavy atom. The minimum absolute atomic E-state index is 0.0384. The minimum Gasteiger partial charge on any atom is -0.283 e. The molecule has 0 aromatic heterocycles. The van der Waals surface area contributed by atoms with Crippen LogP contribution >= 0.6 is 0 Å². The molecule has 2 saturated carbocycles. The second kappa shape index (κ2) is 10.8. The van der Waals surface area contributed by atoms with E-state index >= 15 is 0 Å². The van der Waals surface area contributed by atoms with Crippen molar-refractivity contribution < 1.29 is 25.6 Å². The van der Waals surface area contributed by atoms with Crippen molar-refractivity contribution in [3.8, 4) is 0 Å². The van der Waals surface area contributed by atoms with E-state index in [0.717, 1.165) is 86.1 Å². The summed E-state index contributed by atoms with van der Waals surface area (Å²) in [7, 11) is -9.46. The van der Waals surface area contributed by atoms with Gasteiger partial charge in [-0.25, -0.2) is 4.18 Å². The van der Waals surface area contributed by atoms with Gasteiger partial charge in [0.05, 0.1) is 0 Å². The molecular weight excluding hydrogens is 508 g/mol. The van der Waals surface area contributed by atoms with Crippen LogP contribution in [0.4, 0.5) is 0 Å². The lowest BCUT2D eigenvalue weighted by Gasteiger charge is -2.31. The molecule has 2 aliphatic carbocycles. The lowest BCUT2D eigenvalue weighted by Crippen LogP contribution is -2.23. The van der Waals surface area contributed by atoms with E-state index in [1.54, 1.807) is 18.2 Å². The summed E-state index contributed by atoms with van der Waals surface area (Å²) in [5.74, 6) is 0.0893. The largest absolute Gasteiger partial charge is 0.299 e. The maximum absolute atomic E-state index is 14.2. The second-order valence-corrected chi connectivity index (χ2v) is 13.4. The fraction of sp³-hybridized carbons (Fsp3) is 0.448. The molecule has 6 nitrogen and oxygen atoms in total. The standard InChI is InChI=1S/C29H34O6S2/c30-36(31,32)29(23-16-8-3-9-17-23)35-37(33,34)28-26(21-12-4-1-5-13-21)20-24-18-10-11-19-25(24)27(28)22-14-6-2-7-15-22/h3,8-11,16-22,29H,1-2,4-7,12-15H2,(H,30,31,32). The van der Waals surface area contributed by atoms with Gasteiger partial charge in [-0.1, -0.05) is 93.1 Å². The fourth-order valence-corrected chi connectivity index (χ4v) is 8.93. The van der Waals surface area contributed by atoms with Crippen molar-refractivity contribution in [2.45, 2.75) is 86.4 Å². The predicted octanol–water partition coefficient (Wildman–Crippen LogP) is 7.23. The molecule has 3 aromatic rings. The summed E-state index contributed by atoms with van der Waals surface area (Å²) >= 11 is 0. The molecule has 0 aliphatic heterocycles. The minimum atomic E-state index is -4.88. The maximum atomic E-state index is 14.2. The Bertz CT molecular complexity index is 1450. The van der Waals surface area contributed by atoms with Crippen molar-refractivity contribution in [3.63, 3.8) is 0 Å². The predicted molar refractivity (Wildman–Crippen MR) is 145 cm³/mol. The lowest BCUT2D eigenvalue weighted by molar-refractivity contribution is 0.265. The first-order valence-electron chi connectivity index (χ1n) is 13.3. The summed E-state index contributed by atoms with van der Waals surface area (Å²) in [6.07, 6.45) is 9.84. The van der Waals surface area contributed by atoms with Crippen molar-refractivity contribution in [2.24, 2.45) is 0 Å². The van der Waals surface area contributed by atoms with Crippen LogP contribution in [0.3, 0.4) is 0 Å². The SMILES string of the molecule is O=S(=O)(OC(c1ccccc1)S(=O)(=O)O)c1c(C2CCCCC2)cc2ccccc2c1C1CCCCC1. The van der Waals surface area contributed by atoms with E-state index in [1.807, 2.05) is 30.3 Å². The van der Waals surface area contributed by atoms with Gasteiger partial charge in [0.1, 0.15) is 4.90 Å². The Kier molecular flexibility index (Phi) is 7.73. The van der Waals surface area contributed by atoms with Crippen molar-refractivity contribution >= 4 is 31.0 Å². The molecule has 0 amide bonds. The van der Waals surface area contributed by atoms with Gasteiger partial charge in [0, 0.05) is 0 Å². The molecule has 1 N–H and O–H groups in total. The van der Waals surface area contributed by atoms with Crippen LogP contribution in [0.2, 0.25) is 0 Å². The van der Waals surface area contributed by atoms with E-state index in [-0.39, 0.29) is 22.3 Å². The number of benzene rings is 3. The van der Waals surface area contributed by atoms with Crippen LogP contribution in [0.5, 0.6) is 0 Å². The van der Waals surface area contributed by atoms with Crippen molar-refractivity contribution in [2.75, 3.05) is 0 Å². The highest BCUT2D eigenvalue weighted by atomic mass is 32.2. The van der Waals surface area contributed by atoms with Gasteiger partial charge < -0.3 is 0 Å². The van der Waals surface area contributed by atoms with Crippen molar-refractivity contribution in [1.82, 2.24) is 0 Å². The molecule has 8 heteroatoms. The number of hydrogen-bond acceptors (Lipinski definition) is 5. The van der Waals surface area contributed by atoms with E-state index in [9.17, 15) is 21.4 Å². The smallest absolute Gasteiger partial charge is 0.283 e. The van der Waals surface area contributed by atoms with Gasteiger partial charge >= 0.3 is 0 Å². The van der Waals surface area contributed by atoms with E-state index < -0.39 is 25.7 Å². The van der Waals surface area contributed by atoms with Crippen LogP contribution < -0.4 is 0 Å². The van der Waals surface area contributed by atoms with Gasteiger partial charge in [-0.05, 0) is 71.0 Å². The Morgan fingerprint density at radius 1 is 0.730 bits per heavy atom. The quantitative estimate of drug-likeness (QED) is 0.250. The first-order valence-corrected chi connectivity index (χ1v) is 16.2. The molecule has 37 heavy (non-hydrogen) atoms. The van der Waals surface area contributed by atoms with E-state index in [0.29, 0.717) is 0 Å². The lowest BCUT2D eigenvalue weighted by atomic mass is 9.78. The first-order chi connectivity index (χ1) is 17.8. The van der Waals surface area contributed by atoms with Gasteiger partial charge in [-0.2, -0.15) is 16.8 Å². The van der Waals surface area contributed by atoms with Crippen LogP contribution in [-0.4, -0.2) is 21.4 Å². The molecule has 198 valence electrons. The molecule has 0 saturated heterocycles. The number of rotatable bonds is 7. The van der Waals surface area contributed by atoms with Gasteiger partial charge in [0.25, 0.3) is 20.2 Å². The van der Waals surface area contributed by atoms with Gasteiger partial charge in [0.2, 0.25) is 5.44 Å². The second-order valence-electron chi connectivity index (χ2n) is 10.4. The average Bonchev–Trinajstić information content (AvgIpc) is 2.91. The molecule has 0 spiro atoms. The Balaban J connectivity index is 1.74. The summed E-state index contributed by atoms with van der Waals surface area (Å²) in [5, 5.41) is 1.87. The highest BCUT2D eigenvalue weighted by Gasteiger charge is 2.38. The normalized spacial score (nSPS) is 19.2. The Labute approximate surface area is 219 Å². The molecule has 5 rings (SSSR count). The summed E-state index contributed by atoms with van der Waals surface area (Å²) < 4.78 is 68.8. The van der Waals surface area contributed by atoms with Crippen molar-refractivity contribution in [3.05, 3.63) is 77.4 Å². The summed E-state index contributed by atoms with van der Waals surface area (Å²) in [5.41, 5.74) is -0.502. The maximum Gasteiger partial charge on any atom is 0.299 e. The molecule has 1 unspecified atom stereocenters. The molecule has 0 bridgehead atoms. The highest BCUT2D eigenvalue weighted by Crippen LogP contribution is 2.47. The van der Waals surface area contributed by atoms with Gasteiger partial charge in [-0.3, -0.25) is 4.55 Å². The Morgan fingerprint density at radius 3 is 1.92 bits per heavy atom. The zero-order chi connectivity index (χ0) is 26.0. The Hall–Kier alpha value is -2.26. The number of hydrogen-bond donors (Lipinski definition) is 1. The molecular formula is C29H34O6S2. The topological polar surface area (TPSA) is 97.7 Å². The van der Waals surface area contributed by atoms with Crippen LogP contribution in [0.1, 0.15) is 98.2 Å². The molecule has 0 heterocycles. The monoisotopic (exact) mass is 542 g/mol. The number of fused-ring (bicyclic) bond motifs is 1. The fourth-order valence-electron chi connectivity index (χ4n) is 6.22. The van der Waals surface area contributed by atoms with E-state index in [1.165, 1.54) is 12.1 Å². The third-order valence-corrected chi connectivity index (χ3v) is 10.4. The average molecular weight is 543 g/mol. The summed E-state index contributed by atoms with van der Waals surface area (Å²) in [6.45, 7) is 0. The van der Waals surface area contributed by atoms with Crippen LogP contribution in [0.25, 0.3) is 10.8 Å². The zero-order valence-electron chi connectivity index (χ0n) is 20.9. The van der Waals surface area contributed by atoms with Crippen LogP contribution in [0, 0.1) is 0 Å². The zero-order valence-corrected chi connectivity index (χ0v) is 22.5. The molecule has 1 atom stereocenters. The molecule has 3 aromatic carbocycles. The summed E-state index contributed by atoms with van der Waals surface area (Å²) in [6, 6.07) is 17.6. The van der Waals surface area contributed by atoms with Crippen LogP contribution in [-0.2, 0) is 24.4 Å². The van der Waals surface area contributed by atoms with Crippen molar-refractivity contribution in [1.29, 1.82) is 0 Å². The van der Waals surface area contributed by atoms with Crippen LogP contribution in [0.15, 0.2) is 65.6 Å². The molecule has 2 fully saturated rings. The molecule has 2 aliphatic rings. The van der Waals surface area contributed by atoms with Gasteiger partial charge in [0.15, 0.2) is 0 Å². The highest BCUT2D eigenvalue weighted by molar-refractivity contribution is 7.89. The third kappa shape index (κ3) is 5.62.